The van der Waals surface area contributed by atoms with E-state index in [1.807, 2.05) is 18.2 Å². The van der Waals surface area contributed by atoms with Crippen molar-refractivity contribution in [3.63, 3.8) is 0 Å². The lowest BCUT2D eigenvalue weighted by molar-refractivity contribution is 0.374. The van der Waals surface area contributed by atoms with E-state index in [0.29, 0.717) is 5.92 Å². The minimum atomic E-state index is 0.225. The fraction of sp³-hybridized carbons (Fsp3) is 0.368. The molecular formula is C19H23ClN2. The molecule has 3 rings (SSSR count). The Morgan fingerprint density at radius 1 is 1.14 bits per heavy atom. The van der Waals surface area contributed by atoms with Gasteiger partial charge >= 0.3 is 0 Å². The van der Waals surface area contributed by atoms with E-state index in [1.165, 1.54) is 16.8 Å². The fourth-order valence-electron chi connectivity index (χ4n) is 3.34. The molecule has 1 aliphatic heterocycles. The Hall–Kier alpha value is -1.51. The van der Waals surface area contributed by atoms with E-state index in [2.05, 4.69) is 42.2 Å². The van der Waals surface area contributed by atoms with Crippen LogP contribution in [-0.4, -0.2) is 19.1 Å². The lowest BCUT2D eigenvalue weighted by atomic mass is 9.88. The number of halogens is 1. The van der Waals surface area contributed by atoms with Crippen LogP contribution in [0.2, 0.25) is 5.02 Å². The topological polar surface area (TPSA) is 29.3 Å². The zero-order valence-corrected chi connectivity index (χ0v) is 13.8. The molecule has 2 aromatic rings. The van der Waals surface area contributed by atoms with Crippen LogP contribution in [0.15, 0.2) is 48.5 Å². The molecule has 116 valence electrons. The third-order valence-corrected chi connectivity index (χ3v) is 4.62. The second-order valence-electron chi connectivity index (χ2n) is 6.44. The standard InChI is InChI=1S/C19H23ClN2/c1-14-5-7-15(8-6-14)9-16-10-18(21)13-22(12-16)19-4-2-3-17(20)11-19/h2-8,11,16,18H,9-10,12-13,21H2,1H3. The van der Waals surface area contributed by atoms with Gasteiger partial charge in [0.25, 0.3) is 0 Å². The molecule has 1 saturated heterocycles. The van der Waals surface area contributed by atoms with E-state index >= 15 is 0 Å². The maximum Gasteiger partial charge on any atom is 0.0426 e. The molecule has 2 atom stereocenters. The van der Waals surface area contributed by atoms with Gasteiger partial charge in [-0.15, -0.1) is 0 Å². The summed E-state index contributed by atoms with van der Waals surface area (Å²) in [7, 11) is 0. The summed E-state index contributed by atoms with van der Waals surface area (Å²) in [6.45, 7) is 4.08. The lowest BCUT2D eigenvalue weighted by Crippen LogP contribution is -2.47. The van der Waals surface area contributed by atoms with Gasteiger partial charge in [0.15, 0.2) is 0 Å². The zero-order valence-electron chi connectivity index (χ0n) is 13.0. The van der Waals surface area contributed by atoms with Crippen molar-refractivity contribution in [3.05, 3.63) is 64.7 Å². The molecule has 0 saturated carbocycles. The normalized spacial score (nSPS) is 21.9. The van der Waals surface area contributed by atoms with Crippen molar-refractivity contribution in [2.75, 3.05) is 18.0 Å². The van der Waals surface area contributed by atoms with Crippen molar-refractivity contribution in [1.82, 2.24) is 0 Å². The van der Waals surface area contributed by atoms with E-state index in [4.69, 9.17) is 17.3 Å². The highest BCUT2D eigenvalue weighted by molar-refractivity contribution is 6.30. The molecule has 0 spiro atoms. The van der Waals surface area contributed by atoms with Crippen molar-refractivity contribution >= 4 is 17.3 Å². The number of anilines is 1. The Bertz CT molecular complexity index is 624. The largest absolute Gasteiger partial charge is 0.370 e. The first-order valence-corrected chi connectivity index (χ1v) is 8.29. The highest BCUT2D eigenvalue weighted by Gasteiger charge is 2.25. The predicted octanol–water partition coefficient (Wildman–Crippen LogP) is 4.04. The molecule has 2 aromatic carbocycles. The van der Waals surface area contributed by atoms with Gasteiger partial charge < -0.3 is 10.6 Å². The quantitative estimate of drug-likeness (QED) is 0.926. The summed E-state index contributed by atoms with van der Waals surface area (Å²) in [5.74, 6) is 0.588. The Morgan fingerprint density at radius 3 is 2.64 bits per heavy atom. The SMILES string of the molecule is Cc1ccc(CC2CC(N)CN(c3cccc(Cl)c3)C2)cc1. The van der Waals surface area contributed by atoms with Crippen LogP contribution in [0, 0.1) is 12.8 Å². The van der Waals surface area contributed by atoms with Crippen LogP contribution in [-0.2, 0) is 6.42 Å². The molecule has 22 heavy (non-hydrogen) atoms. The molecule has 0 amide bonds. The fourth-order valence-corrected chi connectivity index (χ4v) is 3.52. The third kappa shape index (κ3) is 3.82. The average Bonchev–Trinajstić information content (AvgIpc) is 2.49. The Kier molecular flexibility index (Phi) is 4.70. The number of rotatable bonds is 3. The van der Waals surface area contributed by atoms with Gasteiger partial charge in [0.1, 0.15) is 0 Å². The maximum atomic E-state index is 6.29. The van der Waals surface area contributed by atoms with Gasteiger partial charge in [-0.05, 0) is 49.4 Å². The summed E-state index contributed by atoms with van der Waals surface area (Å²) in [6.07, 6.45) is 2.18. The van der Waals surface area contributed by atoms with E-state index in [-0.39, 0.29) is 6.04 Å². The van der Waals surface area contributed by atoms with Crippen LogP contribution in [0.5, 0.6) is 0 Å². The molecule has 1 fully saturated rings. The van der Waals surface area contributed by atoms with Crippen LogP contribution in [0.25, 0.3) is 0 Å². The summed E-state index contributed by atoms with van der Waals surface area (Å²) in [5.41, 5.74) is 10.2. The number of benzene rings is 2. The summed E-state index contributed by atoms with van der Waals surface area (Å²) in [6, 6.07) is 17.1. The molecule has 1 heterocycles. The van der Waals surface area contributed by atoms with Gasteiger partial charge in [0.05, 0.1) is 0 Å². The van der Waals surface area contributed by atoms with E-state index in [0.717, 1.165) is 31.0 Å². The third-order valence-electron chi connectivity index (χ3n) is 4.39. The van der Waals surface area contributed by atoms with Crippen LogP contribution < -0.4 is 10.6 Å². The molecule has 2 N–H and O–H groups in total. The zero-order chi connectivity index (χ0) is 15.5. The van der Waals surface area contributed by atoms with Gasteiger partial charge in [-0.2, -0.15) is 0 Å². The first kappa shape index (κ1) is 15.4. The maximum absolute atomic E-state index is 6.29. The molecule has 0 aromatic heterocycles. The van der Waals surface area contributed by atoms with Crippen LogP contribution in [0.1, 0.15) is 17.5 Å². The molecule has 3 heteroatoms. The van der Waals surface area contributed by atoms with E-state index in [1.54, 1.807) is 0 Å². The van der Waals surface area contributed by atoms with Gasteiger partial charge in [0.2, 0.25) is 0 Å². The van der Waals surface area contributed by atoms with Crippen molar-refractivity contribution < 1.29 is 0 Å². The Labute approximate surface area is 137 Å². The van der Waals surface area contributed by atoms with Gasteiger partial charge in [-0.1, -0.05) is 47.5 Å². The van der Waals surface area contributed by atoms with Crippen molar-refractivity contribution in [1.29, 1.82) is 0 Å². The summed E-state index contributed by atoms with van der Waals surface area (Å²) in [4.78, 5) is 2.37. The molecule has 0 radical (unpaired) electrons. The summed E-state index contributed by atoms with van der Waals surface area (Å²) < 4.78 is 0. The predicted molar refractivity (Wildman–Crippen MR) is 94.6 cm³/mol. The monoisotopic (exact) mass is 314 g/mol. The number of aryl methyl sites for hydroxylation is 1. The van der Waals surface area contributed by atoms with Crippen molar-refractivity contribution in [3.8, 4) is 0 Å². The lowest BCUT2D eigenvalue weighted by Gasteiger charge is -2.38. The number of hydrogen-bond donors (Lipinski definition) is 1. The van der Waals surface area contributed by atoms with Gasteiger partial charge in [-0.3, -0.25) is 0 Å². The Morgan fingerprint density at radius 2 is 1.91 bits per heavy atom. The van der Waals surface area contributed by atoms with E-state index < -0.39 is 0 Å². The highest BCUT2D eigenvalue weighted by atomic mass is 35.5. The minimum absolute atomic E-state index is 0.225. The molecule has 0 aliphatic carbocycles. The van der Waals surface area contributed by atoms with Crippen molar-refractivity contribution in [2.45, 2.75) is 25.8 Å². The summed E-state index contributed by atoms with van der Waals surface area (Å²) in [5, 5.41) is 0.784. The van der Waals surface area contributed by atoms with Gasteiger partial charge in [0, 0.05) is 29.8 Å². The molecule has 2 nitrogen and oxygen atoms in total. The van der Waals surface area contributed by atoms with E-state index in [9.17, 15) is 0 Å². The first-order valence-electron chi connectivity index (χ1n) is 7.92. The molecule has 1 aliphatic rings. The average molecular weight is 315 g/mol. The molecular weight excluding hydrogens is 292 g/mol. The number of piperidine rings is 1. The Balaban J connectivity index is 1.72. The molecule has 0 bridgehead atoms. The number of nitrogens with two attached hydrogens (primary N) is 1. The number of nitrogens with zero attached hydrogens (tertiary/aromatic N) is 1. The molecule has 2 unspecified atom stereocenters. The summed E-state index contributed by atoms with van der Waals surface area (Å²) >= 11 is 6.12. The van der Waals surface area contributed by atoms with Crippen LogP contribution >= 0.6 is 11.6 Å². The minimum Gasteiger partial charge on any atom is -0.370 e. The highest BCUT2D eigenvalue weighted by Crippen LogP contribution is 2.27. The van der Waals surface area contributed by atoms with Crippen molar-refractivity contribution in [2.24, 2.45) is 11.7 Å². The smallest absolute Gasteiger partial charge is 0.0426 e. The van der Waals surface area contributed by atoms with Crippen LogP contribution in [0.3, 0.4) is 0 Å². The second kappa shape index (κ2) is 6.72. The first-order chi connectivity index (χ1) is 10.6. The second-order valence-corrected chi connectivity index (χ2v) is 6.87. The van der Waals surface area contributed by atoms with Gasteiger partial charge in [-0.25, -0.2) is 0 Å². The van der Waals surface area contributed by atoms with Crippen LogP contribution in [0.4, 0.5) is 5.69 Å². The number of hydrogen-bond acceptors (Lipinski definition) is 2.